The third-order valence-electron chi connectivity index (χ3n) is 2.36. The smallest absolute Gasteiger partial charge is 0.413 e. The molecule has 1 aromatic heterocycles. The van der Waals surface area contributed by atoms with Crippen LogP contribution in [0.3, 0.4) is 0 Å². The monoisotopic (exact) mass is 314 g/mol. The summed E-state index contributed by atoms with van der Waals surface area (Å²) >= 11 is 5.88. The molecule has 0 unspecified atom stereocenters. The van der Waals surface area contributed by atoms with Crippen LogP contribution < -0.4 is 5.32 Å². The first-order valence-corrected chi connectivity index (χ1v) is 6.50. The maximum Gasteiger partial charge on any atom is 0.413 e. The standard InChI is InChI=1S/C13H15ClN2O5/c1-4-20-13(19)16-9(17)6-21-12(18)10-7(2)5-8(3)15-11(10)14/h5H,4,6H2,1-3H3,(H,16,17,19). The first-order valence-electron chi connectivity index (χ1n) is 6.12. The van der Waals surface area contributed by atoms with E-state index in [0.717, 1.165) is 0 Å². The molecule has 1 heterocycles. The minimum Gasteiger partial charge on any atom is -0.452 e. The highest BCUT2D eigenvalue weighted by Crippen LogP contribution is 2.19. The van der Waals surface area contributed by atoms with Crippen molar-refractivity contribution >= 4 is 29.6 Å². The number of halogens is 1. The normalized spacial score (nSPS) is 9.90. The van der Waals surface area contributed by atoms with Gasteiger partial charge in [0.1, 0.15) is 5.15 Å². The van der Waals surface area contributed by atoms with Crippen molar-refractivity contribution in [2.75, 3.05) is 13.2 Å². The van der Waals surface area contributed by atoms with Crippen molar-refractivity contribution in [3.05, 3.63) is 28.0 Å². The lowest BCUT2D eigenvalue weighted by atomic mass is 10.1. The van der Waals surface area contributed by atoms with Gasteiger partial charge in [-0.25, -0.2) is 14.6 Å². The van der Waals surface area contributed by atoms with Crippen molar-refractivity contribution in [2.24, 2.45) is 0 Å². The first kappa shape index (κ1) is 16.9. The molecule has 0 spiro atoms. The van der Waals surface area contributed by atoms with Gasteiger partial charge < -0.3 is 9.47 Å². The molecular weight excluding hydrogens is 300 g/mol. The average Bonchev–Trinajstić information content (AvgIpc) is 2.35. The van der Waals surface area contributed by atoms with Gasteiger partial charge in [-0.05, 0) is 32.4 Å². The van der Waals surface area contributed by atoms with Crippen LogP contribution in [0.1, 0.15) is 28.5 Å². The molecule has 0 aromatic carbocycles. The van der Waals surface area contributed by atoms with Crippen LogP contribution in [0.25, 0.3) is 0 Å². The van der Waals surface area contributed by atoms with Crippen molar-refractivity contribution in [3.8, 4) is 0 Å². The van der Waals surface area contributed by atoms with Gasteiger partial charge in [-0.15, -0.1) is 0 Å². The summed E-state index contributed by atoms with van der Waals surface area (Å²) in [5.41, 5.74) is 1.34. The van der Waals surface area contributed by atoms with E-state index < -0.39 is 24.6 Å². The van der Waals surface area contributed by atoms with Crippen LogP contribution in [0.4, 0.5) is 4.79 Å². The van der Waals surface area contributed by atoms with Crippen molar-refractivity contribution in [1.82, 2.24) is 10.3 Å². The zero-order chi connectivity index (χ0) is 16.0. The van der Waals surface area contributed by atoms with Crippen molar-refractivity contribution < 1.29 is 23.9 Å². The van der Waals surface area contributed by atoms with Crippen molar-refractivity contribution in [3.63, 3.8) is 0 Å². The molecule has 1 aromatic rings. The molecule has 1 rings (SSSR count). The zero-order valence-electron chi connectivity index (χ0n) is 11.9. The Labute approximate surface area is 126 Å². The number of pyridine rings is 1. The number of carbonyl (C=O) groups excluding carboxylic acids is 3. The molecule has 0 fully saturated rings. The second-order valence-electron chi connectivity index (χ2n) is 4.09. The maximum absolute atomic E-state index is 11.9. The minimum absolute atomic E-state index is 0.00306. The van der Waals surface area contributed by atoms with E-state index in [1.54, 1.807) is 26.8 Å². The molecule has 0 aliphatic heterocycles. The Morgan fingerprint density at radius 1 is 1.29 bits per heavy atom. The van der Waals surface area contributed by atoms with Gasteiger partial charge in [-0.3, -0.25) is 10.1 Å². The molecule has 0 atom stereocenters. The highest BCUT2D eigenvalue weighted by atomic mass is 35.5. The summed E-state index contributed by atoms with van der Waals surface area (Å²) in [4.78, 5) is 38.2. The predicted molar refractivity (Wildman–Crippen MR) is 74.2 cm³/mol. The highest BCUT2D eigenvalue weighted by molar-refractivity contribution is 6.32. The van der Waals surface area contributed by atoms with Crippen LogP contribution in [-0.2, 0) is 14.3 Å². The van der Waals surface area contributed by atoms with E-state index in [1.807, 2.05) is 5.32 Å². The van der Waals surface area contributed by atoms with Crippen LogP contribution in [0.15, 0.2) is 6.07 Å². The second-order valence-corrected chi connectivity index (χ2v) is 4.45. The molecular formula is C13H15ClN2O5. The van der Waals surface area contributed by atoms with Gasteiger partial charge in [-0.1, -0.05) is 11.6 Å². The fraction of sp³-hybridized carbons (Fsp3) is 0.385. The first-order chi connectivity index (χ1) is 9.85. The number of carbonyl (C=O) groups is 3. The number of aromatic nitrogens is 1. The lowest BCUT2D eigenvalue weighted by Gasteiger charge is -2.09. The van der Waals surface area contributed by atoms with E-state index in [9.17, 15) is 14.4 Å². The largest absolute Gasteiger partial charge is 0.452 e. The summed E-state index contributed by atoms with van der Waals surface area (Å²) in [6.07, 6.45) is -0.898. The fourth-order valence-electron chi connectivity index (χ4n) is 1.56. The second kappa shape index (κ2) is 7.58. The fourth-order valence-corrected chi connectivity index (χ4v) is 1.92. The molecule has 8 heteroatoms. The Balaban J connectivity index is 2.63. The summed E-state index contributed by atoms with van der Waals surface area (Å²) in [6, 6.07) is 1.67. The third-order valence-corrected chi connectivity index (χ3v) is 2.63. The molecule has 0 saturated carbocycles. The minimum atomic E-state index is -0.898. The number of hydrogen-bond donors (Lipinski definition) is 1. The zero-order valence-corrected chi connectivity index (χ0v) is 12.6. The average molecular weight is 315 g/mol. The van der Waals surface area contributed by atoms with Gasteiger partial charge in [0.25, 0.3) is 5.91 Å². The number of nitrogens with one attached hydrogen (secondary N) is 1. The van der Waals surface area contributed by atoms with Crippen LogP contribution in [0.5, 0.6) is 0 Å². The van der Waals surface area contributed by atoms with Crippen LogP contribution in [-0.4, -0.2) is 36.2 Å². The lowest BCUT2D eigenvalue weighted by molar-refractivity contribution is -0.123. The van der Waals surface area contributed by atoms with Crippen molar-refractivity contribution in [2.45, 2.75) is 20.8 Å². The Hall–Kier alpha value is -2.15. The Bertz CT molecular complexity index is 551. The molecule has 7 nitrogen and oxygen atoms in total. The maximum atomic E-state index is 11.9. The van der Waals surface area contributed by atoms with E-state index in [2.05, 4.69) is 9.72 Å². The molecule has 0 bridgehead atoms. The summed E-state index contributed by atoms with van der Waals surface area (Å²) in [5.74, 6) is -1.58. The number of hydrogen-bond acceptors (Lipinski definition) is 6. The number of aryl methyl sites for hydroxylation is 2. The molecule has 0 radical (unpaired) electrons. The predicted octanol–water partition coefficient (Wildman–Crippen LogP) is 1.78. The molecule has 114 valence electrons. The van der Waals surface area contributed by atoms with Crippen LogP contribution >= 0.6 is 11.6 Å². The van der Waals surface area contributed by atoms with E-state index in [0.29, 0.717) is 11.3 Å². The Morgan fingerprint density at radius 2 is 1.95 bits per heavy atom. The van der Waals surface area contributed by atoms with Gasteiger partial charge >= 0.3 is 12.1 Å². The number of nitrogens with zero attached hydrogens (tertiary/aromatic N) is 1. The molecule has 2 amide bonds. The summed E-state index contributed by atoms with van der Waals surface area (Å²) in [7, 11) is 0. The topological polar surface area (TPSA) is 94.6 Å². The summed E-state index contributed by atoms with van der Waals surface area (Å²) in [5, 5.41) is 1.90. The number of ether oxygens (including phenoxy) is 2. The highest BCUT2D eigenvalue weighted by Gasteiger charge is 2.18. The lowest BCUT2D eigenvalue weighted by Crippen LogP contribution is -2.34. The molecule has 1 N–H and O–H groups in total. The van der Waals surface area contributed by atoms with E-state index in [4.69, 9.17) is 16.3 Å². The molecule has 0 aliphatic rings. The number of imide groups is 1. The molecule has 0 aliphatic carbocycles. The summed E-state index contributed by atoms with van der Waals surface area (Å²) in [6.45, 7) is 4.51. The van der Waals surface area contributed by atoms with Crippen LogP contribution in [0.2, 0.25) is 5.15 Å². The number of esters is 1. The SMILES string of the molecule is CCOC(=O)NC(=O)COC(=O)c1c(C)cc(C)nc1Cl. The van der Waals surface area contributed by atoms with Gasteiger partial charge in [-0.2, -0.15) is 0 Å². The quantitative estimate of drug-likeness (QED) is 0.672. The van der Waals surface area contributed by atoms with Crippen LogP contribution in [0, 0.1) is 13.8 Å². The number of alkyl carbamates (subject to hydrolysis) is 1. The number of amides is 2. The Morgan fingerprint density at radius 3 is 2.52 bits per heavy atom. The molecule has 0 saturated heterocycles. The summed E-state index contributed by atoms with van der Waals surface area (Å²) < 4.78 is 9.30. The number of rotatable bonds is 4. The van der Waals surface area contributed by atoms with Gasteiger partial charge in [0.15, 0.2) is 6.61 Å². The van der Waals surface area contributed by atoms with E-state index >= 15 is 0 Å². The van der Waals surface area contributed by atoms with Crippen molar-refractivity contribution in [1.29, 1.82) is 0 Å². The van der Waals surface area contributed by atoms with E-state index in [-0.39, 0.29) is 17.3 Å². The molecule has 21 heavy (non-hydrogen) atoms. The Kier molecular flexibility index (Phi) is 6.10. The third kappa shape index (κ3) is 5.03. The van der Waals surface area contributed by atoms with Gasteiger partial charge in [0.2, 0.25) is 0 Å². The van der Waals surface area contributed by atoms with E-state index in [1.165, 1.54) is 0 Å². The van der Waals surface area contributed by atoms with Gasteiger partial charge in [0, 0.05) is 5.69 Å². The van der Waals surface area contributed by atoms with Gasteiger partial charge in [0.05, 0.1) is 12.2 Å².